The molecule has 1 N–H and O–H groups in total. The third-order valence-corrected chi connectivity index (χ3v) is 4.77. The van der Waals surface area contributed by atoms with Gasteiger partial charge in [-0.15, -0.1) is 0 Å². The lowest BCUT2D eigenvalue weighted by Crippen LogP contribution is -2.23. The van der Waals surface area contributed by atoms with Gasteiger partial charge in [0.05, 0.1) is 12.3 Å². The lowest BCUT2D eigenvalue weighted by atomic mass is 10.2. The van der Waals surface area contributed by atoms with Crippen molar-refractivity contribution in [2.45, 2.75) is 23.5 Å². The second-order valence-corrected chi connectivity index (χ2v) is 6.55. The highest BCUT2D eigenvalue weighted by Crippen LogP contribution is 2.21. The van der Waals surface area contributed by atoms with Gasteiger partial charge in [-0.2, -0.15) is 5.26 Å². The van der Waals surface area contributed by atoms with Crippen molar-refractivity contribution < 1.29 is 8.42 Å². The maximum atomic E-state index is 11.6. The van der Waals surface area contributed by atoms with Gasteiger partial charge in [0, 0.05) is 13.0 Å². The van der Waals surface area contributed by atoms with Crippen LogP contribution in [0.3, 0.4) is 0 Å². The van der Waals surface area contributed by atoms with Gasteiger partial charge in [-0.05, 0) is 12.8 Å². The van der Waals surface area contributed by atoms with E-state index in [0.717, 1.165) is 11.3 Å². The van der Waals surface area contributed by atoms with E-state index < -0.39 is 10.0 Å². The van der Waals surface area contributed by atoms with Crippen molar-refractivity contribution in [2.75, 3.05) is 6.54 Å². The Balaban J connectivity index is 2.45. The first-order valence-corrected chi connectivity index (χ1v) is 7.22. The fourth-order valence-electron chi connectivity index (χ4n) is 0.970. The topological polar surface area (TPSA) is 82.9 Å². The molecule has 1 rings (SSSR count). The summed E-state index contributed by atoms with van der Waals surface area (Å²) in [6, 6.07) is 2.00. The number of sulfonamides is 1. The van der Waals surface area contributed by atoms with E-state index in [-0.39, 0.29) is 8.68 Å². The van der Waals surface area contributed by atoms with Gasteiger partial charge in [0.2, 0.25) is 0 Å². The molecule has 0 fully saturated rings. The first-order valence-electron chi connectivity index (χ1n) is 4.54. The molecule has 5 nitrogen and oxygen atoms in total. The predicted octanol–water partition coefficient (Wildman–Crippen LogP) is 1.77. The highest BCUT2D eigenvalue weighted by atomic mass is 35.5. The Kier molecular flexibility index (Phi) is 5.15. The zero-order chi connectivity index (χ0) is 12.0. The van der Waals surface area contributed by atoms with Crippen molar-refractivity contribution in [3.63, 3.8) is 0 Å². The largest absolute Gasteiger partial charge is 0.251 e. The van der Waals surface area contributed by atoms with Crippen molar-refractivity contribution in [1.82, 2.24) is 9.71 Å². The fraction of sp³-hybridized carbons (Fsp3) is 0.500. The molecule has 0 saturated heterocycles. The number of hydrogen-bond acceptors (Lipinski definition) is 5. The summed E-state index contributed by atoms with van der Waals surface area (Å²) in [5.41, 5.74) is 0. The maximum absolute atomic E-state index is 11.6. The molecule has 0 saturated carbocycles. The molecule has 0 aliphatic heterocycles. The number of thiazole rings is 1. The minimum absolute atomic E-state index is 0.109. The summed E-state index contributed by atoms with van der Waals surface area (Å²) in [6.45, 7) is 0.319. The normalized spacial score (nSPS) is 11.2. The first-order chi connectivity index (χ1) is 7.56. The van der Waals surface area contributed by atoms with Crippen LogP contribution < -0.4 is 4.72 Å². The summed E-state index contributed by atoms with van der Waals surface area (Å²) in [4.78, 5) is 3.66. The SMILES string of the molecule is N#CCCCCNS(=O)(=O)c1cnc(Cl)s1. The summed E-state index contributed by atoms with van der Waals surface area (Å²) >= 11 is 6.46. The van der Waals surface area contributed by atoms with E-state index in [4.69, 9.17) is 16.9 Å². The van der Waals surface area contributed by atoms with Crippen molar-refractivity contribution in [1.29, 1.82) is 5.26 Å². The molecule has 88 valence electrons. The number of unbranched alkanes of at least 4 members (excludes halogenated alkanes) is 2. The second kappa shape index (κ2) is 6.15. The van der Waals surface area contributed by atoms with E-state index in [2.05, 4.69) is 9.71 Å². The standard InChI is InChI=1S/C8H10ClN3O2S2/c9-8-11-6-7(15-8)16(13,14)12-5-3-1-2-4-10/h6,12H,1-3,5H2. The van der Waals surface area contributed by atoms with Crippen LogP contribution in [0.4, 0.5) is 0 Å². The third-order valence-electron chi connectivity index (χ3n) is 1.73. The van der Waals surface area contributed by atoms with Crippen LogP contribution in [-0.2, 0) is 10.0 Å². The van der Waals surface area contributed by atoms with E-state index in [9.17, 15) is 8.42 Å². The second-order valence-electron chi connectivity index (χ2n) is 2.95. The van der Waals surface area contributed by atoms with Crippen molar-refractivity contribution >= 4 is 33.0 Å². The Morgan fingerprint density at radius 1 is 1.56 bits per heavy atom. The summed E-state index contributed by atoms with van der Waals surface area (Å²) in [5.74, 6) is 0. The quantitative estimate of drug-likeness (QED) is 0.805. The molecule has 0 bridgehead atoms. The molecule has 0 amide bonds. The molecule has 0 radical (unpaired) electrons. The number of aromatic nitrogens is 1. The van der Waals surface area contributed by atoms with E-state index >= 15 is 0 Å². The van der Waals surface area contributed by atoms with Crippen LogP contribution >= 0.6 is 22.9 Å². The fourth-order valence-corrected chi connectivity index (χ4v) is 3.38. The molecule has 16 heavy (non-hydrogen) atoms. The van der Waals surface area contributed by atoms with Crippen LogP contribution in [0.2, 0.25) is 4.47 Å². The molecule has 1 aromatic rings. The molecular formula is C8H10ClN3O2S2. The molecule has 0 aliphatic carbocycles. The Morgan fingerprint density at radius 3 is 2.88 bits per heavy atom. The molecular weight excluding hydrogens is 270 g/mol. The van der Waals surface area contributed by atoms with Gasteiger partial charge >= 0.3 is 0 Å². The number of nitriles is 1. The molecule has 0 unspecified atom stereocenters. The van der Waals surface area contributed by atoms with E-state index in [0.29, 0.717) is 25.8 Å². The number of halogens is 1. The lowest BCUT2D eigenvalue weighted by Gasteiger charge is -2.02. The summed E-state index contributed by atoms with van der Waals surface area (Å²) < 4.78 is 26.0. The van der Waals surface area contributed by atoms with Gasteiger partial charge in [-0.3, -0.25) is 0 Å². The van der Waals surface area contributed by atoms with Crippen molar-refractivity contribution in [3.8, 4) is 6.07 Å². The van der Waals surface area contributed by atoms with Crippen LogP contribution in [0.25, 0.3) is 0 Å². The molecule has 0 atom stereocenters. The minimum atomic E-state index is -3.49. The Labute approximate surface area is 103 Å². The number of nitrogens with one attached hydrogen (secondary N) is 1. The molecule has 1 aromatic heterocycles. The monoisotopic (exact) mass is 279 g/mol. The van der Waals surface area contributed by atoms with Crippen LogP contribution in [-0.4, -0.2) is 19.9 Å². The van der Waals surface area contributed by atoms with Gasteiger partial charge in [-0.25, -0.2) is 18.1 Å². The van der Waals surface area contributed by atoms with Crippen LogP contribution in [0.5, 0.6) is 0 Å². The summed E-state index contributed by atoms with van der Waals surface area (Å²) in [6.07, 6.45) is 2.99. The molecule has 0 aromatic carbocycles. The molecule has 0 spiro atoms. The van der Waals surface area contributed by atoms with Crippen LogP contribution in [0.15, 0.2) is 10.4 Å². The lowest BCUT2D eigenvalue weighted by molar-refractivity contribution is 0.579. The average molecular weight is 280 g/mol. The Bertz CT molecular complexity index is 478. The smallest absolute Gasteiger partial charge is 0.232 e. The highest BCUT2D eigenvalue weighted by molar-refractivity contribution is 7.91. The van der Waals surface area contributed by atoms with Crippen LogP contribution in [0, 0.1) is 11.3 Å². The maximum Gasteiger partial charge on any atom is 0.251 e. The van der Waals surface area contributed by atoms with E-state index in [1.807, 2.05) is 6.07 Å². The zero-order valence-electron chi connectivity index (χ0n) is 8.31. The number of nitrogens with zero attached hydrogens (tertiary/aromatic N) is 2. The third kappa shape index (κ3) is 4.06. The van der Waals surface area contributed by atoms with Crippen LogP contribution in [0.1, 0.15) is 19.3 Å². The molecule has 8 heteroatoms. The van der Waals surface area contributed by atoms with E-state index in [1.165, 1.54) is 6.20 Å². The van der Waals surface area contributed by atoms with Gasteiger partial charge in [0.1, 0.15) is 0 Å². The van der Waals surface area contributed by atoms with Gasteiger partial charge in [-0.1, -0.05) is 22.9 Å². The van der Waals surface area contributed by atoms with Gasteiger partial charge in [0.25, 0.3) is 10.0 Å². The summed E-state index contributed by atoms with van der Waals surface area (Å²) in [7, 11) is -3.49. The summed E-state index contributed by atoms with van der Waals surface area (Å²) in [5, 5.41) is 8.30. The first kappa shape index (κ1) is 13.4. The van der Waals surface area contributed by atoms with Gasteiger partial charge < -0.3 is 0 Å². The average Bonchev–Trinajstić information content (AvgIpc) is 2.65. The Hall–Kier alpha value is -0.680. The number of rotatable bonds is 6. The van der Waals surface area contributed by atoms with Crippen molar-refractivity contribution in [2.24, 2.45) is 0 Å². The van der Waals surface area contributed by atoms with E-state index in [1.54, 1.807) is 0 Å². The highest BCUT2D eigenvalue weighted by Gasteiger charge is 2.16. The molecule has 0 aliphatic rings. The van der Waals surface area contributed by atoms with Gasteiger partial charge in [0.15, 0.2) is 8.68 Å². The predicted molar refractivity (Wildman–Crippen MR) is 61.8 cm³/mol. The Morgan fingerprint density at radius 2 is 2.31 bits per heavy atom. The number of hydrogen-bond donors (Lipinski definition) is 1. The minimum Gasteiger partial charge on any atom is -0.232 e. The van der Waals surface area contributed by atoms with Crippen molar-refractivity contribution in [3.05, 3.63) is 10.7 Å². The zero-order valence-corrected chi connectivity index (χ0v) is 10.7. The molecule has 1 heterocycles.